The van der Waals surface area contributed by atoms with Gasteiger partial charge in [0.05, 0.1) is 18.5 Å². The molecule has 26 heavy (non-hydrogen) atoms. The van der Waals surface area contributed by atoms with Gasteiger partial charge in [-0.1, -0.05) is 0 Å². The number of hydrogen-bond acceptors (Lipinski definition) is 5. The van der Waals surface area contributed by atoms with Gasteiger partial charge in [0, 0.05) is 22.6 Å². The van der Waals surface area contributed by atoms with Crippen LogP contribution in [0, 0.1) is 5.82 Å². The molecule has 0 unspecified atom stereocenters. The lowest BCUT2D eigenvalue weighted by molar-refractivity contribution is 0.415. The second-order valence-electron chi connectivity index (χ2n) is 5.62. The van der Waals surface area contributed by atoms with Gasteiger partial charge < -0.3 is 10.5 Å². The first-order chi connectivity index (χ1) is 12.6. The Labute approximate surface area is 153 Å². The highest BCUT2D eigenvalue weighted by Crippen LogP contribution is 2.28. The average Bonchev–Trinajstić information content (AvgIpc) is 3.29. The van der Waals surface area contributed by atoms with Crippen molar-refractivity contribution < 1.29 is 9.13 Å². The zero-order chi connectivity index (χ0) is 18.1. The van der Waals surface area contributed by atoms with Crippen LogP contribution in [-0.4, -0.2) is 21.9 Å². The summed E-state index contributed by atoms with van der Waals surface area (Å²) in [6.07, 6.45) is 0. The Morgan fingerprint density at radius 2 is 1.65 bits per heavy atom. The number of methoxy groups -OCH3 is 1. The van der Waals surface area contributed by atoms with Crippen molar-refractivity contribution in [3.05, 3.63) is 65.8 Å². The van der Waals surface area contributed by atoms with Crippen molar-refractivity contribution in [3.63, 3.8) is 0 Å². The molecule has 4 aromatic rings. The fourth-order valence-corrected chi connectivity index (χ4v) is 3.37. The van der Waals surface area contributed by atoms with Crippen molar-refractivity contribution in [2.24, 2.45) is 0 Å². The van der Waals surface area contributed by atoms with Crippen molar-refractivity contribution in [1.29, 1.82) is 0 Å². The number of rotatable bonds is 4. The lowest BCUT2D eigenvalue weighted by atomic mass is 10.1. The van der Waals surface area contributed by atoms with Crippen molar-refractivity contribution in [2.75, 3.05) is 12.8 Å². The maximum absolute atomic E-state index is 13.1. The summed E-state index contributed by atoms with van der Waals surface area (Å²) >= 11 is 1.43. The Hall–Kier alpha value is -3.19. The number of thiazole rings is 1. The number of nitrogen functional groups attached to an aromatic ring is 1. The summed E-state index contributed by atoms with van der Waals surface area (Å²) in [5, 5.41) is 7.12. The van der Waals surface area contributed by atoms with Crippen molar-refractivity contribution in [3.8, 4) is 33.4 Å². The second-order valence-corrected chi connectivity index (χ2v) is 6.45. The molecule has 130 valence electrons. The fraction of sp³-hybridized carbons (Fsp3) is 0.0526. The average molecular weight is 366 g/mol. The first-order valence-corrected chi connectivity index (χ1v) is 8.74. The van der Waals surface area contributed by atoms with Crippen LogP contribution in [0.25, 0.3) is 27.6 Å². The number of aromatic nitrogens is 3. The van der Waals surface area contributed by atoms with Gasteiger partial charge in [-0.15, -0.1) is 11.3 Å². The van der Waals surface area contributed by atoms with Crippen LogP contribution in [0.2, 0.25) is 0 Å². The summed E-state index contributed by atoms with van der Waals surface area (Å²) in [7, 11) is 1.63. The van der Waals surface area contributed by atoms with E-state index in [1.165, 1.54) is 23.5 Å². The third-order valence-electron chi connectivity index (χ3n) is 3.94. The lowest BCUT2D eigenvalue weighted by Crippen LogP contribution is -2.01. The van der Waals surface area contributed by atoms with E-state index in [0.717, 1.165) is 28.3 Å². The molecule has 5 nitrogen and oxygen atoms in total. The van der Waals surface area contributed by atoms with E-state index >= 15 is 0 Å². The first-order valence-electron chi connectivity index (χ1n) is 7.86. The minimum absolute atomic E-state index is 0.273. The molecule has 2 aromatic carbocycles. The monoisotopic (exact) mass is 366 g/mol. The van der Waals surface area contributed by atoms with Crippen LogP contribution in [0.1, 0.15) is 0 Å². The van der Waals surface area contributed by atoms with Crippen LogP contribution in [-0.2, 0) is 0 Å². The second kappa shape index (κ2) is 6.61. The minimum Gasteiger partial charge on any atom is -0.497 e. The smallest absolute Gasteiger partial charge is 0.212 e. The molecule has 0 atom stereocenters. The molecule has 0 saturated heterocycles. The zero-order valence-electron chi connectivity index (χ0n) is 13.9. The fourth-order valence-electron chi connectivity index (χ4n) is 2.57. The predicted molar refractivity (Wildman–Crippen MR) is 101 cm³/mol. The van der Waals surface area contributed by atoms with Gasteiger partial charge in [0.2, 0.25) is 5.13 Å². The molecular weight excluding hydrogens is 351 g/mol. The maximum atomic E-state index is 13.1. The van der Waals surface area contributed by atoms with Gasteiger partial charge in [-0.3, -0.25) is 0 Å². The van der Waals surface area contributed by atoms with Gasteiger partial charge in [0.25, 0.3) is 0 Å². The molecule has 7 heteroatoms. The van der Waals surface area contributed by atoms with Crippen molar-refractivity contribution >= 4 is 17.2 Å². The predicted octanol–water partition coefficient (Wildman–Crippen LogP) is 4.39. The molecule has 0 amide bonds. The molecule has 0 aliphatic carbocycles. The van der Waals surface area contributed by atoms with E-state index in [1.54, 1.807) is 30.0 Å². The molecule has 0 saturated carbocycles. The van der Waals surface area contributed by atoms with E-state index in [9.17, 15) is 4.39 Å². The van der Waals surface area contributed by atoms with Gasteiger partial charge in [-0.25, -0.2) is 9.37 Å². The molecule has 0 radical (unpaired) electrons. The summed E-state index contributed by atoms with van der Waals surface area (Å²) in [6.45, 7) is 0. The minimum atomic E-state index is -0.273. The Balaban J connectivity index is 1.66. The van der Waals surface area contributed by atoms with Gasteiger partial charge in [0.15, 0.2) is 0 Å². The molecule has 0 spiro atoms. The first kappa shape index (κ1) is 16.3. The molecule has 2 aromatic heterocycles. The summed E-state index contributed by atoms with van der Waals surface area (Å²) in [5.74, 6) is 1.01. The third-order valence-corrected chi connectivity index (χ3v) is 4.75. The van der Waals surface area contributed by atoms with Crippen LogP contribution in [0.5, 0.6) is 5.75 Å². The number of anilines is 1. The van der Waals surface area contributed by atoms with Gasteiger partial charge >= 0.3 is 0 Å². The number of halogens is 1. The highest BCUT2D eigenvalue weighted by atomic mass is 32.1. The molecule has 0 fully saturated rings. The van der Waals surface area contributed by atoms with E-state index in [0.29, 0.717) is 10.9 Å². The van der Waals surface area contributed by atoms with E-state index in [4.69, 9.17) is 10.5 Å². The van der Waals surface area contributed by atoms with Crippen LogP contribution in [0.3, 0.4) is 0 Å². The van der Waals surface area contributed by atoms with E-state index in [1.807, 2.05) is 29.6 Å². The van der Waals surface area contributed by atoms with Crippen molar-refractivity contribution in [2.45, 2.75) is 0 Å². The highest BCUT2D eigenvalue weighted by Gasteiger charge is 2.13. The summed E-state index contributed by atoms with van der Waals surface area (Å²) in [4.78, 5) is 4.57. The Morgan fingerprint density at radius 3 is 2.35 bits per heavy atom. The van der Waals surface area contributed by atoms with E-state index < -0.39 is 0 Å². The number of benzene rings is 2. The standard InChI is InChI=1S/C19H15FN4OS/c1-25-15-8-4-12(5-9-15)16-10-18(21)24(23-16)19-22-17(11-26-19)13-2-6-14(20)7-3-13/h2-11H,21H2,1H3. The van der Waals surface area contributed by atoms with Crippen LogP contribution in [0.4, 0.5) is 10.2 Å². The largest absolute Gasteiger partial charge is 0.497 e. The number of nitrogens with zero attached hydrogens (tertiary/aromatic N) is 3. The van der Waals surface area contributed by atoms with Crippen molar-refractivity contribution in [1.82, 2.24) is 14.8 Å². The Bertz CT molecular complexity index is 1040. The topological polar surface area (TPSA) is 66.0 Å². The summed E-state index contributed by atoms with van der Waals surface area (Å²) < 4.78 is 19.9. The molecule has 0 aliphatic rings. The van der Waals surface area contributed by atoms with E-state index in [-0.39, 0.29) is 5.82 Å². The van der Waals surface area contributed by atoms with Gasteiger partial charge in [-0.05, 0) is 48.5 Å². The lowest BCUT2D eigenvalue weighted by Gasteiger charge is -2.00. The zero-order valence-corrected chi connectivity index (χ0v) is 14.7. The van der Waals surface area contributed by atoms with Crippen LogP contribution in [0.15, 0.2) is 60.0 Å². The van der Waals surface area contributed by atoms with Gasteiger partial charge in [-0.2, -0.15) is 9.78 Å². The Morgan fingerprint density at radius 1 is 1.00 bits per heavy atom. The molecular formula is C19H15FN4OS. The van der Waals surface area contributed by atoms with E-state index in [2.05, 4.69) is 10.1 Å². The number of hydrogen-bond donors (Lipinski definition) is 1. The molecule has 2 N–H and O–H groups in total. The van der Waals surface area contributed by atoms with Crippen LogP contribution < -0.4 is 10.5 Å². The SMILES string of the molecule is COc1ccc(-c2cc(N)n(-c3nc(-c4ccc(F)cc4)cs3)n2)cc1. The summed E-state index contributed by atoms with van der Waals surface area (Å²) in [5.41, 5.74) is 9.42. The third kappa shape index (κ3) is 3.04. The highest BCUT2D eigenvalue weighted by molar-refractivity contribution is 7.12. The number of ether oxygens (including phenoxy) is 1. The summed E-state index contributed by atoms with van der Waals surface area (Å²) in [6, 6.07) is 15.6. The van der Waals surface area contributed by atoms with Gasteiger partial charge in [0.1, 0.15) is 17.4 Å². The quantitative estimate of drug-likeness (QED) is 0.582. The maximum Gasteiger partial charge on any atom is 0.212 e. The molecule has 2 heterocycles. The Kier molecular flexibility index (Phi) is 4.14. The van der Waals surface area contributed by atoms with Crippen LogP contribution >= 0.6 is 11.3 Å². The normalized spacial score (nSPS) is 10.8. The molecule has 4 rings (SSSR count). The molecule has 0 bridgehead atoms. The number of nitrogens with two attached hydrogens (primary N) is 1. The molecule has 0 aliphatic heterocycles.